The summed E-state index contributed by atoms with van der Waals surface area (Å²) in [5.74, 6) is 0. The molecule has 0 aliphatic carbocycles. The van der Waals surface area contributed by atoms with Crippen LogP contribution in [0.15, 0.2) is 64.0 Å². The van der Waals surface area contributed by atoms with Crippen molar-refractivity contribution in [1.82, 2.24) is 4.98 Å². The Kier molecular flexibility index (Phi) is 2.62. The molecule has 1 N–H and O–H groups in total. The Morgan fingerprint density at radius 1 is 1.05 bits per heavy atom. The highest BCUT2D eigenvalue weighted by atomic mass is 35.5. The smallest absolute Gasteiger partial charge is 0.345 e. The van der Waals surface area contributed by atoms with Gasteiger partial charge in [-0.3, -0.25) is 0 Å². The predicted octanol–water partition coefficient (Wildman–Crippen LogP) is 4.59. The van der Waals surface area contributed by atoms with E-state index in [9.17, 15) is 4.79 Å². The van der Waals surface area contributed by atoms with Crippen molar-refractivity contribution in [2.75, 3.05) is 0 Å². The molecule has 3 nitrogen and oxygen atoms in total. The first-order chi connectivity index (χ1) is 10.2. The molecule has 4 rings (SSSR count). The van der Waals surface area contributed by atoms with Crippen LogP contribution in [0.4, 0.5) is 0 Å². The molecule has 102 valence electrons. The summed E-state index contributed by atoms with van der Waals surface area (Å²) in [6.45, 7) is 0. The predicted molar refractivity (Wildman–Crippen MR) is 84.8 cm³/mol. The quantitative estimate of drug-likeness (QED) is 0.558. The zero-order valence-corrected chi connectivity index (χ0v) is 11.6. The van der Waals surface area contributed by atoms with Gasteiger partial charge >= 0.3 is 5.63 Å². The molecule has 0 saturated heterocycles. The van der Waals surface area contributed by atoms with Crippen LogP contribution < -0.4 is 5.63 Å². The summed E-state index contributed by atoms with van der Waals surface area (Å²) >= 11 is 6.04. The molecule has 0 saturated carbocycles. The average molecular weight is 296 g/mol. The average Bonchev–Trinajstić information content (AvgIpc) is 2.88. The van der Waals surface area contributed by atoms with E-state index < -0.39 is 0 Å². The van der Waals surface area contributed by atoms with E-state index in [2.05, 4.69) is 4.98 Å². The van der Waals surface area contributed by atoms with Gasteiger partial charge in [0, 0.05) is 21.5 Å². The number of rotatable bonds is 1. The largest absolute Gasteiger partial charge is 0.430 e. The fourth-order valence-electron chi connectivity index (χ4n) is 2.64. The summed E-state index contributed by atoms with van der Waals surface area (Å²) in [6.07, 6.45) is 1.50. The third-order valence-corrected chi connectivity index (χ3v) is 3.84. The zero-order chi connectivity index (χ0) is 14.4. The van der Waals surface area contributed by atoms with Crippen LogP contribution in [-0.2, 0) is 0 Å². The van der Waals surface area contributed by atoms with E-state index in [4.69, 9.17) is 16.0 Å². The van der Waals surface area contributed by atoms with E-state index in [0.717, 1.165) is 27.5 Å². The van der Waals surface area contributed by atoms with Gasteiger partial charge in [-0.05, 0) is 23.8 Å². The second-order valence-electron chi connectivity index (χ2n) is 4.87. The maximum atomic E-state index is 12.1. The first kappa shape index (κ1) is 12.2. The van der Waals surface area contributed by atoms with Gasteiger partial charge < -0.3 is 9.40 Å². The molecule has 0 bridgehead atoms. The van der Waals surface area contributed by atoms with Crippen LogP contribution in [0.25, 0.3) is 32.9 Å². The molecule has 4 heteroatoms. The number of aromatic nitrogens is 1. The summed E-state index contributed by atoms with van der Waals surface area (Å²) in [4.78, 5) is 15.4. The lowest BCUT2D eigenvalue weighted by atomic mass is 10.1. The number of fused-ring (bicyclic) bond motifs is 3. The highest BCUT2D eigenvalue weighted by molar-refractivity contribution is 6.31. The Morgan fingerprint density at radius 3 is 2.67 bits per heavy atom. The summed E-state index contributed by atoms with van der Waals surface area (Å²) < 4.78 is 5.21. The molecule has 0 spiro atoms. The molecule has 2 heterocycles. The van der Waals surface area contributed by atoms with Crippen LogP contribution in [0, 0.1) is 0 Å². The van der Waals surface area contributed by atoms with Crippen molar-refractivity contribution < 1.29 is 4.42 Å². The SMILES string of the molecule is O=c1occ(-c2ccccc2)c2[nH]c3ccc(Cl)cc3c12. The molecule has 0 unspecified atom stereocenters. The minimum atomic E-state index is -0.363. The Morgan fingerprint density at radius 2 is 1.86 bits per heavy atom. The van der Waals surface area contributed by atoms with E-state index in [-0.39, 0.29) is 5.63 Å². The Hall–Kier alpha value is -2.52. The third-order valence-electron chi connectivity index (χ3n) is 3.60. The standard InChI is InChI=1S/C17H10ClNO2/c18-11-6-7-14-12(8-11)15-16(19-14)13(9-21-17(15)20)10-4-2-1-3-5-10/h1-9,19H. The highest BCUT2D eigenvalue weighted by Crippen LogP contribution is 2.32. The number of hydrogen-bond donors (Lipinski definition) is 1. The first-order valence-corrected chi connectivity index (χ1v) is 6.90. The molecule has 0 aliphatic heterocycles. The lowest BCUT2D eigenvalue weighted by Gasteiger charge is -2.01. The van der Waals surface area contributed by atoms with Crippen LogP contribution in [0.2, 0.25) is 5.02 Å². The molecule has 4 aromatic rings. The lowest BCUT2D eigenvalue weighted by Crippen LogP contribution is -1.98. The van der Waals surface area contributed by atoms with Gasteiger partial charge in [0.1, 0.15) is 6.26 Å². The Labute approximate surface area is 124 Å². The minimum Gasteiger partial charge on any atom is -0.430 e. The van der Waals surface area contributed by atoms with Gasteiger partial charge in [0.2, 0.25) is 0 Å². The molecule has 21 heavy (non-hydrogen) atoms. The topological polar surface area (TPSA) is 46.0 Å². The Balaban J connectivity index is 2.18. The van der Waals surface area contributed by atoms with Gasteiger partial charge in [0.05, 0.1) is 10.9 Å². The second kappa shape index (κ2) is 4.50. The van der Waals surface area contributed by atoms with Crippen molar-refractivity contribution in [3.05, 3.63) is 70.2 Å². The summed E-state index contributed by atoms with van der Waals surface area (Å²) in [6, 6.07) is 15.2. The van der Waals surface area contributed by atoms with Gasteiger partial charge in [-0.1, -0.05) is 41.9 Å². The van der Waals surface area contributed by atoms with Crippen LogP contribution in [-0.4, -0.2) is 4.98 Å². The molecule has 0 aliphatic rings. The molecule has 0 atom stereocenters. The molecule has 0 radical (unpaired) electrons. The summed E-state index contributed by atoms with van der Waals surface area (Å²) in [7, 11) is 0. The maximum Gasteiger partial charge on any atom is 0.345 e. The number of H-pyrrole nitrogens is 1. The van der Waals surface area contributed by atoms with Crippen molar-refractivity contribution in [3.63, 3.8) is 0 Å². The number of hydrogen-bond acceptors (Lipinski definition) is 2. The van der Waals surface area contributed by atoms with Gasteiger partial charge in [-0.25, -0.2) is 4.79 Å². The number of halogens is 1. The molecule has 0 fully saturated rings. The van der Waals surface area contributed by atoms with E-state index in [1.165, 1.54) is 6.26 Å². The monoisotopic (exact) mass is 295 g/mol. The number of nitrogens with one attached hydrogen (secondary N) is 1. The van der Waals surface area contributed by atoms with Crippen LogP contribution >= 0.6 is 11.6 Å². The van der Waals surface area contributed by atoms with E-state index in [0.29, 0.717) is 10.4 Å². The van der Waals surface area contributed by atoms with Crippen LogP contribution in [0.5, 0.6) is 0 Å². The van der Waals surface area contributed by atoms with Crippen molar-refractivity contribution in [3.8, 4) is 11.1 Å². The van der Waals surface area contributed by atoms with Gasteiger partial charge in [0.15, 0.2) is 0 Å². The number of aromatic amines is 1. The maximum absolute atomic E-state index is 12.1. The molecule has 2 aromatic carbocycles. The molecule has 0 amide bonds. The highest BCUT2D eigenvalue weighted by Gasteiger charge is 2.14. The summed E-state index contributed by atoms with van der Waals surface area (Å²) in [5.41, 5.74) is 3.12. The van der Waals surface area contributed by atoms with Gasteiger partial charge in [0.25, 0.3) is 0 Å². The van der Waals surface area contributed by atoms with E-state index >= 15 is 0 Å². The van der Waals surface area contributed by atoms with Crippen molar-refractivity contribution in [2.24, 2.45) is 0 Å². The van der Waals surface area contributed by atoms with E-state index in [1.807, 2.05) is 36.4 Å². The van der Waals surface area contributed by atoms with E-state index in [1.54, 1.807) is 12.1 Å². The number of benzene rings is 2. The second-order valence-corrected chi connectivity index (χ2v) is 5.30. The molecular weight excluding hydrogens is 286 g/mol. The zero-order valence-electron chi connectivity index (χ0n) is 10.9. The molecule has 2 aromatic heterocycles. The van der Waals surface area contributed by atoms with Crippen LogP contribution in [0.1, 0.15) is 0 Å². The first-order valence-electron chi connectivity index (χ1n) is 6.52. The van der Waals surface area contributed by atoms with Crippen molar-refractivity contribution in [2.45, 2.75) is 0 Å². The fourth-order valence-corrected chi connectivity index (χ4v) is 2.81. The third kappa shape index (κ3) is 1.86. The fraction of sp³-hybridized carbons (Fsp3) is 0. The molecular formula is C17H10ClNO2. The van der Waals surface area contributed by atoms with Gasteiger partial charge in [-0.2, -0.15) is 0 Å². The lowest BCUT2D eigenvalue weighted by molar-refractivity contribution is 0.521. The van der Waals surface area contributed by atoms with Crippen molar-refractivity contribution >= 4 is 33.4 Å². The van der Waals surface area contributed by atoms with Gasteiger partial charge in [-0.15, -0.1) is 0 Å². The summed E-state index contributed by atoms with van der Waals surface area (Å²) in [5, 5.41) is 1.91. The minimum absolute atomic E-state index is 0.363. The Bertz CT molecular complexity index is 1020. The van der Waals surface area contributed by atoms with Crippen molar-refractivity contribution in [1.29, 1.82) is 0 Å². The normalized spacial score (nSPS) is 11.3. The van der Waals surface area contributed by atoms with Crippen LogP contribution in [0.3, 0.4) is 0 Å².